The number of nitrogens with one attached hydrogen (secondary N) is 2. The highest BCUT2D eigenvalue weighted by Gasteiger charge is 2.30. The predicted molar refractivity (Wildman–Crippen MR) is 143 cm³/mol. The van der Waals surface area contributed by atoms with E-state index in [4.69, 9.17) is 4.42 Å². The highest BCUT2D eigenvalue weighted by Crippen LogP contribution is 2.33. The third-order valence-corrected chi connectivity index (χ3v) is 7.84. The minimum atomic E-state index is -0.119. The second-order valence-corrected chi connectivity index (χ2v) is 10.4. The number of hydrogen-bond donors (Lipinski definition) is 2. The average Bonchev–Trinajstić information content (AvgIpc) is 3.60. The Balaban J connectivity index is 1.00. The van der Waals surface area contributed by atoms with Crippen molar-refractivity contribution in [1.82, 2.24) is 30.4 Å². The van der Waals surface area contributed by atoms with Crippen LogP contribution in [0.4, 0.5) is 0 Å². The molecule has 6 rings (SSSR count). The molecule has 0 unspecified atom stereocenters. The molecule has 1 aliphatic heterocycles. The second kappa shape index (κ2) is 10.9. The number of rotatable bonds is 7. The van der Waals surface area contributed by atoms with Gasteiger partial charge in [-0.15, -0.1) is 10.2 Å². The molecule has 196 valence electrons. The normalized spacial score (nSPS) is 22.1. The van der Waals surface area contributed by atoms with Gasteiger partial charge in [0, 0.05) is 30.0 Å². The number of para-hydroxylation sites is 1. The number of hydrogen-bond acceptors (Lipinski definition) is 7. The molecule has 1 amide bonds. The van der Waals surface area contributed by atoms with E-state index in [2.05, 4.69) is 30.4 Å². The van der Waals surface area contributed by atoms with Crippen LogP contribution in [0.2, 0.25) is 0 Å². The summed E-state index contributed by atoms with van der Waals surface area (Å²) in [5.41, 5.74) is 1.51. The SMILES string of the molecule is O=C(C[C@H]1CCCN1Cc1nc2ccccc2c(=O)[nH]1)NC1CCC(c2nnc(-c3ccccc3)o2)CC1. The largest absolute Gasteiger partial charge is 0.420 e. The summed E-state index contributed by atoms with van der Waals surface area (Å²) in [5, 5.41) is 12.4. The molecule has 0 radical (unpaired) electrons. The molecule has 0 spiro atoms. The number of aromatic amines is 1. The molecule has 1 atom stereocenters. The Morgan fingerprint density at radius 3 is 2.63 bits per heavy atom. The molecule has 4 aromatic rings. The Labute approximate surface area is 220 Å². The summed E-state index contributed by atoms with van der Waals surface area (Å²) in [4.78, 5) is 35.2. The molecule has 2 aromatic heterocycles. The van der Waals surface area contributed by atoms with E-state index in [1.165, 1.54) is 0 Å². The first kappa shape index (κ1) is 24.5. The van der Waals surface area contributed by atoms with Crippen molar-refractivity contribution < 1.29 is 9.21 Å². The molecular formula is C29H32N6O3. The minimum Gasteiger partial charge on any atom is -0.420 e. The topological polar surface area (TPSA) is 117 Å². The molecule has 38 heavy (non-hydrogen) atoms. The molecule has 2 aromatic carbocycles. The van der Waals surface area contributed by atoms with Crippen molar-refractivity contribution in [2.45, 2.75) is 69.5 Å². The number of fused-ring (bicyclic) bond motifs is 1. The lowest BCUT2D eigenvalue weighted by Crippen LogP contribution is -2.41. The maximum Gasteiger partial charge on any atom is 0.258 e. The molecule has 3 heterocycles. The van der Waals surface area contributed by atoms with E-state index in [1.807, 2.05) is 48.5 Å². The lowest BCUT2D eigenvalue weighted by atomic mass is 9.86. The zero-order valence-corrected chi connectivity index (χ0v) is 21.3. The summed E-state index contributed by atoms with van der Waals surface area (Å²) in [7, 11) is 0. The molecule has 2 aliphatic rings. The Morgan fingerprint density at radius 1 is 1.00 bits per heavy atom. The van der Waals surface area contributed by atoms with E-state index in [0.29, 0.717) is 41.5 Å². The first-order valence-corrected chi connectivity index (χ1v) is 13.5. The van der Waals surface area contributed by atoms with Gasteiger partial charge in [-0.1, -0.05) is 30.3 Å². The fourth-order valence-corrected chi connectivity index (χ4v) is 5.82. The molecule has 0 bridgehead atoms. The Bertz CT molecular complexity index is 1460. The van der Waals surface area contributed by atoms with Gasteiger partial charge in [0.15, 0.2) is 0 Å². The van der Waals surface area contributed by atoms with Crippen LogP contribution in [-0.2, 0) is 11.3 Å². The third kappa shape index (κ3) is 5.38. The van der Waals surface area contributed by atoms with Gasteiger partial charge in [0.05, 0.1) is 17.4 Å². The van der Waals surface area contributed by atoms with Crippen LogP contribution in [0.5, 0.6) is 0 Å². The van der Waals surface area contributed by atoms with E-state index in [9.17, 15) is 9.59 Å². The van der Waals surface area contributed by atoms with Gasteiger partial charge in [0.2, 0.25) is 17.7 Å². The average molecular weight is 513 g/mol. The fourth-order valence-electron chi connectivity index (χ4n) is 5.82. The number of H-pyrrole nitrogens is 1. The van der Waals surface area contributed by atoms with Crippen molar-refractivity contribution in [3.8, 4) is 11.5 Å². The molecule has 1 saturated carbocycles. The lowest BCUT2D eigenvalue weighted by molar-refractivity contribution is -0.123. The smallest absolute Gasteiger partial charge is 0.258 e. The van der Waals surface area contributed by atoms with Gasteiger partial charge in [0.25, 0.3) is 5.56 Å². The summed E-state index contributed by atoms with van der Waals surface area (Å²) < 4.78 is 5.96. The van der Waals surface area contributed by atoms with Gasteiger partial charge in [-0.3, -0.25) is 14.5 Å². The van der Waals surface area contributed by atoms with Gasteiger partial charge < -0.3 is 14.7 Å². The monoisotopic (exact) mass is 512 g/mol. The summed E-state index contributed by atoms with van der Waals surface area (Å²) in [6, 6.07) is 17.5. The maximum absolute atomic E-state index is 13.0. The Hall–Kier alpha value is -3.85. The van der Waals surface area contributed by atoms with Crippen LogP contribution in [0.3, 0.4) is 0 Å². The molecular weight excluding hydrogens is 480 g/mol. The molecule has 1 aliphatic carbocycles. The quantitative estimate of drug-likeness (QED) is 0.382. The lowest BCUT2D eigenvalue weighted by Gasteiger charge is -2.28. The van der Waals surface area contributed by atoms with Crippen LogP contribution in [0.1, 0.15) is 62.6 Å². The highest BCUT2D eigenvalue weighted by atomic mass is 16.4. The van der Waals surface area contributed by atoms with Gasteiger partial charge in [-0.25, -0.2) is 4.98 Å². The van der Waals surface area contributed by atoms with Crippen molar-refractivity contribution >= 4 is 16.8 Å². The minimum absolute atomic E-state index is 0.0921. The number of likely N-dealkylation sites (tertiary alicyclic amines) is 1. The second-order valence-electron chi connectivity index (χ2n) is 10.4. The number of aromatic nitrogens is 4. The maximum atomic E-state index is 13.0. The van der Waals surface area contributed by atoms with Gasteiger partial charge in [0.1, 0.15) is 5.82 Å². The summed E-state index contributed by atoms with van der Waals surface area (Å²) in [6.07, 6.45) is 6.10. The summed E-state index contributed by atoms with van der Waals surface area (Å²) >= 11 is 0. The summed E-state index contributed by atoms with van der Waals surface area (Å²) in [5.74, 6) is 2.22. The third-order valence-electron chi connectivity index (χ3n) is 7.84. The van der Waals surface area contributed by atoms with E-state index < -0.39 is 0 Å². The van der Waals surface area contributed by atoms with Crippen LogP contribution in [0.25, 0.3) is 22.4 Å². The number of carbonyl (C=O) groups is 1. The van der Waals surface area contributed by atoms with E-state index in [1.54, 1.807) is 6.07 Å². The first-order chi connectivity index (χ1) is 18.6. The summed E-state index contributed by atoms with van der Waals surface area (Å²) in [6.45, 7) is 1.44. The standard InChI is InChI=1S/C29H32N6O3/c36-26(17-22-9-6-16-35(22)18-25-31-24-11-5-4-10-23(24)27(37)32-25)30-21-14-12-20(13-15-21)29-34-33-28(38-29)19-7-2-1-3-8-19/h1-5,7-8,10-11,20-22H,6,9,12-18H2,(H,30,36)(H,31,32,37)/t20?,21?,22-/m1/s1. The van der Waals surface area contributed by atoms with Crippen LogP contribution in [-0.4, -0.2) is 49.6 Å². The Morgan fingerprint density at radius 2 is 1.79 bits per heavy atom. The van der Waals surface area contributed by atoms with Crippen molar-refractivity contribution in [3.05, 3.63) is 76.7 Å². The zero-order chi connectivity index (χ0) is 25.9. The van der Waals surface area contributed by atoms with Gasteiger partial charge in [-0.05, 0) is 69.3 Å². The number of amides is 1. The van der Waals surface area contributed by atoms with Crippen molar-refractivity contribution in [2.75, 3.05) is 6.54 Å². The highest BCUT2D eigenvalue weighted by molar-refractivity contribution is 5.77. The molecule has 2 N–H and O–H groups in total. The number of carbonyl (C=O) groups excluding carboxylic acids is 1. The van der Waals surface area contributed by atoms with Crippen LogP contribution in [0, 0.1) is 0 Å². The molecule has 1 saturated heterocycles. The van der Waals surface area contributed by atoms with Crippen LogP contribution >= 0.6 is 0 Å². The fraction of sp³-hybridized carbons (Fsp3) is 0.414. The number of nitrogens with zero attached hydrogens (tertiary/aromatic N) is 4. The Kier molecular flexibility index (Phi) is 7.00. The first-order valence-electron chi connectivity index (χ1n) is 13.5. The van der Waals surface area contributed by atoms with Gasteiger partial charge in [-0.2, -0.15) is 0 Å². The molecule has 9 nitrogen and oxygen atoms in total. The predicted octanol–water partition coefficient (Wildman–Crippen LogP) is 4.17. The van der Waals surface area contributed by atoms with Crippen molar-refractivity contribution in [1.29, 1.82) is 0 Å². The van der Waals surface area contributed by atoms with Crippen LogP contribution < -0.4 is 10.9 Å². The van der Waals surface area contributed by atoms with E-state index in [-0.39, 0.29) is 29.5 Å². The zero-order valence-electron chi connectivity index (χ0n) is 21.3. The molecule has 9 heteroatoms. The van der Waals surface area contributed by atoms with E-state index in [0.717, 1.165) is 50.6 Å². The van der Waals surface area contributed by atoms with Crippen molar-refractivity contribution in [3.63, 3.8) is 0 Å². The van der Waals surface area contributed by atoms with Crippen LogP contribution in [0.15, 0.2) is 63.8 Å². The van der Waals surface area contributed by atoms with E-state index >= 15 is 0 Å². The van der Waals surface area contributed by atoms with Gasteiger partial charge >= 0.3 is 0 Å². The van der Waals surface area contributed by atoms with Crippen molar-refractivity contribution in [2.24, 2.45) is 0 Å². The molecule has 2 fully saturated rings. The number of benzene rings is 2.